The van der Waals surface area contributed by atoms with E-state index in [1.165, 1.54) is 0 Å². The smallest absolute Gasteiger partial charge is 0.278 e. The second kappa shape index (κ2) is 7.45. The first-order chi connectivity index (χ1) is 12.5. The Morgan fingerprint density at radius 1 is 1.12 bits per heavy atom. The maximum Gasteiger partial charge on any atom is 0.278 e. The number of nitrogens with zero attached hydrogens (tertiary/aromatic N) is 3. The van der Waals surface area contributed by atoms with E-state index in [0.717, 1.165) is 0 Å². The zero-order valence-electron chi connectivity index (χ0n) is 14.5. The van der Waals surface area contributed by atoms with Crippen molar-refractivity contribution in [3.63, 3.8) is 0 Å². The molecule has 0 aliphatic rings. The van der Waals surface area contributed by atoms with Gasteiger partial charge in [0.15, 0.2) is 5.69 Å². The van der Waals surface area contributed by atoms with Crippen LogP contribution in [-0.2, 0) is 0 Å². The average molecular weight is 373 g/mol. The molecule has 0 radical (unpaired) electrons. The van der Waals surface area contributed by atoms with Crippen molar-refractivity contribution in [1.29, 1.82) is 0 Å². The molecule has 2 aromatic carbocycles. The monoisotopic (exact) mass is 372 g/mol. The highest BCUT2D eigenvalue weighted by atomic mass is 35.5. The van der Waals surface area contributed by atoms with Crippen molar-refractivity contribution in [2.24, 2.45) is 0 Å². The van der Waals surface area contributed by atoms with Crippen molar-refractivity contribution < 1.29 is 14.3 Å². The van der Waals surface area contributed by atoms with Crippen LogP contribution in [0.5, 0.6) is 11.5 Å². The molecule has 134 valence electrons. The van der Waals surface area contributed by atoms with Gasteiger partial charge in [0.1, 0.15) is 11.5 Å². The van der Waals surface area contributed by atoms with Crippen LogP contribution in [0.1, 0.15) is 16.2 Å². The molecule has 26 heavy (non-hydrogen) atoms. The lowest BCUT2D eigenvalue weighted by Gasteiger charge is -2.08. The molecule has 0 saturated heterocycles. The zero-order valence-corrected chi connectivity index (χ0v) is 15.2. The van der Waals surface area contributed by atoms with E-state index in [9.17, 15) is 4.79 Å². The van der Waals surface area contributed by atoms with E-state index in [0.29, 0.717) is 33.6 Å². The molecule has 0 bridgehead atoms. The average Bonchev–Trinajstić information content (AvgIpc) is 3.04. The number of halogens is 1. The largest absolute Gasteiger partial charge is 0.497 e. The number of amides is 1. The Kier molecular flexibility index (Phi) is 5.09. The SMILES string of the molecule is COc1ccc(NC(=O)c2nnn(-c3ccc(OC)c(Cl)c3)c2C)cc1. The molecule has 1 N–H and O–H groups in total. The first-order valence-corrected chi connectivity index (χ1v) is 8.13. The maximum absolute atomic E-state index is 12.5. The van der Waals surface area contributed by atoms with Crippen molar-refractivity contribution in [3.8, 4) is 17.2 Å². The lowest BCUT2D eigenvalue weighted by Crippen LogP contribution is -2.14. The molecule has 0 spiro atoms. The van der Waals surface area contributed by atoms with Gasteiger partial charge in [0.2, 0.25) is 0 Å². The van der Waals surface area contributed by atoms with Crippen molar-refractivity contribution in [2.45, 2.75) is 6.92 Å². The predicted molar refractivity (Wildman–Crippen MR) is 98.6 cm³/mol. The zero-order chi connectivity index (χ0) is 18.7. The molecule has 0 fully saturated rings. The third-order valence-electron chi connectivity index (χ3n) is 3.84. The Balaban J connectivity index is 1.83. The lowest BCUT2D eigenvalue weighted by molar-refractivity contribution is 0.102. The number of hydrogen-bond acceptors (Lipinski definition) is 5. The van der Waals surface area contributed by atoms with Crippen LogP contribution in [0.2, 0.25) is 5.02 Å². The van der Waals surface area contributed by atoms with Gasteiger partial charge in [-0.2, -0.15) is 0 Å². The summed E-state index contributed by atoms with van der Waals surface area (Å²) in [6.07, 6.45) is 0. The summed E-state index contributed by atoms with van der Waals surface area (Å²) in [4.78, 5) is 12.5. The summed E-state index contributed by atoms with van der Waals surface area (Å²) in [5.74, 6) is 0.922. The number of hydrogen-bond donors (Lipinski definition) is 1. The highest BCUT2D eigenvalue weighted by Crippen LogP contribution is 2.27. The summed E-state index contributed by atoms with van der Waals surface area (Å²) >= 11 is 6.16. The number of benzene rings is 2. The Hall–Kier alpha value is -3.06. The fraction of sp³-hybridized carbons (Fsp3) is 0.167. The molecular formula is C18H17ClN4O3. The van der Waals surface area contributed by atoms with E-state index < -0.39 is 0 Å². The third-order valence-corrected chi connectivity index (χ3v) is 4.13. The molecule has 8 heteroatoms. The summed E-state index contributed by atoms with van der Waals surface area (Å²) < 4.78 is 11.8. The highest BCUT2D eigenvalue weighted by Gasteiger charge is 2.18. The number of carbonyl (C=O) groups is 1. The molecule has 1 amide bonds. The van der Waals surface area contributed by atoms with E-state index in [4.69, 9.17) is 21.1 Å². The third kappa shape index (κ3) is 3.48. The number of ether oxygens (including phenoxy) is 2. The first-order valence-electron chi connectivity index (χ1n) is 7.75. The van der Waals surface area contributed by atoms with E-state index in [2.05, 4.69) is 15.6 Å². The molecule has 0 saturated carbocycles. The van der Waals surface area contributed by atoms with Gasteiger partial charge < -0.3 is 14.8 Å². The van der Waals surface area contributed by atoms with Crippen LogP contribution >= 0.6 is 11.6 Å². The summed E-state index contributed by atoms with van der Waals surface area (Å²) in [6, 6.07) is 12.2. The van der Waals surface area contributed by atoms with E-state index in [-0.39, 0.29) is 11.6 Å². The molecule has 0 unspecified atom stereocenters. The van der Waals surface area contributed by atoms with Gasteiger partial charge in [-0.3, -0.25) is 4.79 Å². The Labute approximate surface area is 155 Å². The summed E-state index contributed by atoms with van der Waals surface area (Å²) in [5, 5.41) is 11.3. The molecule has 7 nitrogen and oxygen atoms in total. The minimum absolute atomic E-state index is 0.229. The molecule has 3 aromatic rings. The second-order valence-electron chi connectivity index (χ2n) is 5.44. The predicted octanol–water partition coefficient (Wildman–Crippen LogP) is 3.50. The van der Waals surface area contributed by atoms with Gasteiger partial charge in [-0.15, -0.1) is 5.10 Å². The van der Waals surface area contributed by atoms with Gasteiger partial charge >= 0.3 is 0 Å². The lowest BCUT2D eigenvalue weighted by atomic mass is 10.2. The maximum atomic E-state index is 12.5. The van der Waals surface area contributed by atoms with Crippen LogP contribution in [0.15, 0.2) is 42.5 Å². The van der Waals surface area contributed by atoms with Crippen LogP contribution in [-0.4, -0.2) is 35.1 Å². The highest BCUT2D eigenvalue weighted by molar-refractivity contribution is 6.32. The van der Waals surface area contributed by atoms with Gasteiger partial charge in [0.25, 0.3) is 5.91 Å². The van der Waals surface area contributed by atoms with E-state index >= 15 is 0 Å². The van der Waals surface area contributed by atoms with Crippen molar-refractivity contribution in [3.05, 3.63) is 58.9 Å². The fourth-order valence-corrected chi connectivity index (χ4v) is 2.69. The standard InChI is InChI=1S/C18H17ClN4O3/c1-11-17(18(24)20-12-4-7-14(25-2)8-5-12)21-22-23(11)13-6-9-16(26-3)15(19)10-13/h4-10H,1-3H3,(H,20,24). The molecule has 1 heterocycles. The molecule has 3 rings (SSSR count). The number of rotatable bonds is 5. The normalized spacial score (nSPS) is 10.5. The van der Waals surface area contributed by atoms with Gasteiger partial charge in [-0.05, 0) is 49.4 Å². The topological polar surface area (TPSA) is 78.3 Å². The van der Waals surface area contributed by atoms with Crippen LogP contribution in [0.25, 0.3) is 5.69 Å². The molecular weight excluding hydrogens is 356 g/mol. The van der Waals surface area contributed by atoms with Crippen LogP contribution in [0.3, 0.4) is 0 Å². The number of anilines is 1. The van der Waals surface area contributed by atoms with E-state index in [1.807, 2.05) is 0 Å². The van der Waals surface area contributed by atoms with Gasteiger partial charge in [0, 0.05) is 5.69 Å². The Bertz CT molecular complexity index is 938. The van der Waals surface area contributed by atoms with Gasteiger partial charge in [0.05, 0.1) is 30.6 Å². The Morgan fingerprint density at radius 2 is 1.85 bits per heavy atom. The molecule has 0 atom stereocenters. The summed E-state index contributed by atoms with van der Waals surface area (Å²) in [5.41, 5.74) is 2.14. The van der Waals surface area contributed by atoms with Gasteiger partial charge in [-0.25, -0.2) is 4.68 Å². The van der Waals surface area contributed by atoms with Crippen LogP contribution in [0, 0.1) is 6.92 Å². The minimum Gasteiger partial charge on any atom is -0.497 e. The summed E-state index contributed by atoms with van der Waals surface area (Å²) in [7, 11) is 3.13. The fourth-order valence-electron chi connectivity index (χ4n) is 2.44. The first kappa shape index (κ1) is 17.8. The number of aromatic nitrogens is 3. The molecule has 0 aliphatic heterocycles. The minimum atomic E-state index is -0.349. The van der Waals surface area contributed by atoms with Crippen molar-refractivity contribution >= 4 is 23.2 Å². The van der Waals surface area contributed by atoms with E-state index in [1.54, 1.807) is 68.3 Å². The van der Waals surface area contributed by atoms with Crippen molar-refractivity contribution in [1.82, 2.24) is 15.0 Å². The van der Waals surface area contributed by atoms with Crippen molar-refractivity contribution in [2.75, 3.05) is 19.5 Å². The number of carbonyl (C=O) groups excluding carboxylic acids is 1. The summed E-state index contributed by atoms with van der Waals surface area (Å²) in [6.45, 7) is 1.76. The Morgan fingerprint density at radius 3 is 2.46 bits per heavy atom. The van der Waals surface area contributed by atoms with Crippen LogP contribution in [0.4, 0.5) is 5.69 Å². The number of methoxy groups -OCH3 is 2. The van der Waals surface area contributed by atoms with Gasteiger partial charge in [-0.1, -0.05) is 16.8 Å². The molecule has 0 aliphatic carbocycles. The quantitative estimate of drug-likeness (QED) is 0.741. The van der Waals surface area contributed by atoms with Crippen LogP contribution < -0.4 is 14.8 Å². The molecule has 1 aromatic heterocycles. The number of nitrogens with one attached hydrogen (secondary N) is 1. The second-order valence-corrected chi connectivity index (χ2v) is 5.84.